The Morgan fingerprint density at radius 3 is 2.00 bits per heavy atom. The Bertz CT molecular complexity index is 2480. The molecule has 0 bridgehead atoms. The van der Waals surface area contributed by atoms with Crippen molar-refractivity contribution < 1.29 is 24.3 Å². The van der Waals surface area contributed by atoms with Crippen LogP contribution in [0.1, 0.15) is 35.4 Å². The molecule has 9 rings (SSSR count). The molecular formula is C47H42N6O5. The quantitative estimate of drug-likeness (QED) is 0.0920. The minimum absolute atomic E-state index is 0.0639. The predicted molar refractivity (Wildman–Crippen MR) is 221 cm³/mol. The average molecular weight is 771 g/mol. The third-order valence-electron chi connectivity index (χ3n) is 12.4. The number of nitrogens with one attached hydrogen (secondary N) is 1. The summed E-state index contributed by atoms with van der Waals surface area (Å²) in [6.07, 6.45) is 2.52. The molecule has 2 saturated heterocycles. The summed E-state index contributed by atoms with van der Waals surface area (Å²) < 4.78 is 0. The van der Waals surface area contributed by atoms with Gasteiger partial charge in [-0.3, -0.25) is 29.5 Å². The number of phenols is 1. The normalized spacial score (nSPS) is 25.1. The fourth-order valence-corrected chi connectivity index (χ4v) is 9.64. The monoisotopic (exact) mass is 770 g/mol. The van der Waals surface area contributed by atoms with Gasteiger partial charge < -0.3 is 10.0 Å². The van der Waals surface area contributed by atoms with E-state index < -0.39 is 46.8 Å². The standard InChI is InChI=1S/C47H42N6O5/c1-28-9-13-33(14-10-28)50-53-44(56)40-27-39-37(42(29-11-23-36(54)24-12-29)47(40,46(53)58)30-7-5-4-6-8-30)25-26-38-41(39)45(57)52(43(38)55)35-21-17-32(18-22-35)49-48-31-15-19-34(20-16-31)51(2)3/h4-25,38-42,50,54H,26-27H2,1-3H3. The van der Waals surface area contributed by atoms with E-state index in [1.807, 2.05) is 111 Å². The number of imide groups is 2. The van der Waals surface area contributed by atoms with Gasteiger partial charge in [0.25, 0.3) is 11.8 Å². The van der Waals surface area contributed by atoms with Crippen molar-refractivity contribution in [1.82, 2.24) is 5.01 Å². The Morgan fingerprint density at radius 2 is 1.36 bits per heavy atom. The third-order valence-corrected chi connectivity index (χ3v) is 12.4. The molecule has 2 aliphatic heterocycles. The molecule has 2 heterocycles. The van der Waals surface area contributed by atoms with E-state index in [1.165, 1.54) is 4.90 Å². The van der Waals surface area contributed by atoms with Crippen molar-refractivity contribution in [2.24, 2.45) is 33.9 Å². The first-order chi connectivity index (χ1) is 28.1. The molecule has 2 aliphatic carbocycles. The van der Waals surface area contributed by atoms with E-state index in [1.54, 1.807) is 48.5 Å². The lowest BCUT2D eigenvalue weighted by atomic mass is 9.49. The number of aromatic hydroxyl groups is 1. The number of carbonyl (C=O) groups is 4. The molecule has 11 heteroatoms. The molecule has 290 valence electrons. The molecule has 5 aromatic rings. The minimum Gasteiger partial charge on any atom is -0.508 e. The number of aryl methyl sites for hydroxylation is 1. The lowest BCUT2D eigenvalue weighted by Gasteiger charge is -2.50. The van der Waals surface area contributed by atoms with Crippen LogP contribution < -0.4 is 15.2 Å². The highest BCUT2D eigenvalue weighted by Gasteiger charge is 2.70. The number of fused-ring (bicyclic) bond motifs is 4. The molecule has 58 heavy (non-hydrogen) atoms. The van der Waals surface area contributed by atoms with Crippen molar-refractivity contribution in [3.05, 3.63) is 156 Å². The maximum absolute atomic E-state index is 15.3. The highest BCUT2D eigenvalue weighted by Crippen LogP contribution is 2.64. The van der Waals surface area contributed by atoms with Crippen LogP contribution in [0.15, 0.2) is 149 Å². The summed E-state index contributed by atoms with van der Waals surface area (Å²) in [5, 5.41) is 20.2. The number of azo groups is 1. The Kier molecular flexibility index (Phi) is 9.03. The number of phenolic OH excluding ortho intramolecular Hbond substituents is 1. The Morgan fingerprint density at radius 1 is 0.724 bits per heavy atom. The van der Waals surface area contributed by atoms with Crippen LogP contribution in [0.25, 0.3) is 0 Å². The molecule has 4 aliphatic rings. The number of nitrogens with zero attached hydrogens (tertiary/aromatic N) is 5. The summed E-state index contributed by atoms with van der Waals surface area (Å²) in [6, 6.07) is 38.2. The van der Waals surface area contributed by atoms with Crippen molar-refractivity contribution in [1.29, 1.82) is 0 Å². The van der Waals surface area contributed by atoms with Gasteiger partial charge in [-0.1, -0.05) is 71.8 Å². The van der Waals surface area contributed by atoms with Crippen molar-refractivity contribution >= 4 is 52.1 Å². The van der Waals surface area contributed by atoms with Crippen LogP contribution in [0.4, 0.5) is 28.4 Å². The van der Waals surface area contributed by atoms with Gasteiger partial charge >= 0.3 is 0 Å². The number of anilines is 3. The van der Waals surface area contributed by atoms with Crippen molar-refractivity contribution in [3.8, 4) is 5.75 Å². The largest absolute Gasteiger partial charge is 0.508 e. The Balaban J connectivity index is 1.08. The number of carbonyl (C=O) groups excluding carboxylic acids is 4. The zero-order valence-electron chi connectivity index (χ0n) is 32.3. The van der Waals surface area contributed by atoms with Gasteiger partial charge in [0.1, 0.15) is 5.75 Å². The summed E-state index contributed by atoms with van der Waals surface area (Å²) in [7, 11) is 3.94. The summed E-state index contributed by atoms with van der Waals surface area (Å²) in [5.41, 5.74) is 8.37. The number of hydrogen-bond acceptors (Lipinski definition) is 9. The summed E-state index contributed by atoms with van der Waals surface area (Å²) in [4.78, 5) is 62.4. The zero-order chi connectivity index (χ0) is 40.3. The summed E-state index contributed by atoms with van der Waals surface area (Å²) in [5.74, 6) is -4.79. The van der Waals surface area contributed by atoms with E-state index in [0.717, 1.165) is 27.4 Å². The van der Waals surface area contributed by atoms with Crippen molar-refractivity contribution in [3.63, 3.8) is 0 Å². The number of amides is 4. The third kappa shape index (κ3) is 5.88. The average Bonchev–Trinajstić information content (AvgIpc) is 3.62. The number of benzene rings is 5. The number of hydrazine groups is 1. The number of hydrogen-bond donors (Lipinski definition) is 2. The van der Waals surface area contributed by atoms with E-state index >= 15 is 4.79 Å². The van der Waals surface area contributed by atoms with Gasteiger partial charge in [-0.25, -0.2) is 0 Å². The van der Waals surface area contributed by atoms with Crippen LogP contribution in [-0.2, 0) is 24.6 Å². The van der Waals surface area contributed by atoms with Gasteiger partial charge in [0, 0.05) is 25.7 Å². The first-order valence-corrected chi connectivity index (χ1v) is 19.5. The second-order valence-corrected chi connectivity index (χ2v) is 15.8. The highest BCUT2D eigenvalue weighted by molar-refractivity contribution is 6.22. The van der Waals surface area contributed by atoms with E-state index in [2.05, 4.69) is 15.7 Å². The SMILES string of the molecule is Cc1ccc(NN2C(=O)C3CC4C(=CCC5C(=O)N(c6ccc(N=Nc7ccc(N(C)C)cc7)cc6)C(=O)C54)C(c4ccc(O)cc4)C3(c3ccccc3)C2=O)cc1. The number of rotatable bonds is 8. The molecule has 3 fully saturated rings. The molecular weight excluding hydrogens is 729 g/mol. The second-order valence-electron chi connectivity index (χ2n) is 15.8. The van der Waals surface area contributed by atoms with Gasteiger partial charge in [-0.05, 0) is 110 Å². The van der Waals surface area contributed by atoms with Gasteiger partial charge in [-0.15, -0.1) is 0 Å². The maximum Gasteiger partial charge on any atom is 0.260 e. The molecule has 11 nitrogen and oxygen atoms in total. The van der Waals surface area contributed by atoms with E-state index in [-0.39, 0.29) is 24.0 Å². The molecule has 0 spiro atoms. The summed E-state index contributed by atoms with van der Waals surface area (Å²) in [6.45, 7) is 1.96. The fourth-order valence-electron chi connectivity index (χ4n) is 9.64. The lowest BCUT2D eigenvalue weighted by Crippen LogP contribution is -2.53. The molecule has 0 aromatic heterocycles. The molecule has 2 N–H and O–H groups in total. The molecule has 0 radical (unpaired) electrons. The molecule has 6 atom stereocenters. The molecule has 1 saturated carbocycles. The minimum atomic E-state index is -1.38. The van der Waals surface area contributed by atoms with Crippen LogP contribution >= 0.6 is 0 Å². The maximum atomic E-state index is 15.3. The highest BCUT2D eigenvalue weighted by atomic mass is 16.3. The first-order valence-electron chi connectivity index (χ1n) is 19.5. The lowest BCUT2D eigenvalue weighted by molar-refractivity contribution is -0.138. The number of allylic oxidation sites excluding steroid dienone is 2. The molecule has 4 amide bonds. The first kappa shape index (κ1) is 36.7. The van der Waals surface area contributed by atoms with Gasteiger partial charge in [0.2, 0.25) is 11.8 Å². The van der Waals surface area contributed by atoms with Crippen molar-refractivity contribution in [2.75, 3.05) is 29.3 Å². The second kappa shape index (κ2) is 14.3. The van der Waals surface area contributed by atoms with E-state index in [0.29, 0.717) is 34.7 Å². The topological polar surface area (TPSA) is 135 Å². The van der Waals surface area contributed by atoms with E-state index in [4.69, 9.17) is 0 Å². The summed E-state index contributed by atoms with van der Waals surface area (Å²) >= 11 is 0. The van der Waals surface area contributed by atoms with Gasteiger partial charge in [0.05, 0.1) is 45.9 Å². The van der Waals surface area contributed by atoms with E-state index in [9.17, 15) is 19.5 Å². The van der Waals surface area contributed by atoms with Crippen molar-refractivity contribution in [2.45, 2.75) is 31.1 Å². The Labute approximate surface area is 336 Å². The molecule has 5 aromatic carbocycles. The van der Waals surface area contributed by atoms with Crippen LogP contribution in [0.3, 0.4) is 0 Å². The van der Waals surface area contributed by atoms with Crippen LogP contribution in [0, 0.1) is 30.6 Å². The Hall–Kier alpha value is -6.88. The fraction of sp³-hybridized carbons (Fsp3) is 0.234. The van der Waals surface area contributed by atoms with Crippen LogP contribution in [-0.4, -0.2) is 47.8 Å². The zero-order valence-corrected chi connectivity index (χ0v) is 32.3. The smallest absolute Gasteiger partial charge is 0.260 e. The molecule has 6 unspecified atom stereocenters. The van der Waals surface area contributed by atoms with Crippen LogP contribution in [0.2, 0.25) is 0 Å². The van der Waals surface area contributed by atoms with Crippen LogP contribution in [0.5, 0.6) is 5.75 Å². The predicted octanol–water partition coefficient (Wildman–Crippen LogP) is 8.37. The van der Waals surface area contributed by atoms with Gasteiger partial charge in [0.15, 0.2) is 0 Å². The van der Waals surface area contributed by atoms with Gasteiger partial charge in [-0.2, -0.15) is 15.2 Å².